The molecule has 5 nitrogen and oxygen atoms in total. The van der Waals surface area contributed by atoms with Crippen molar-refractivity contribution in [1.29, 1.82) is 0 Å². The maximum atomic E-state index is 11.5. The highest BCUT2D eigenvalue weighted by molar-refractivity contribution is 5.75. The molecule has 0 radical (unpaired) electrons. The zero-order chi connectivity index (χ0) is 13.8. The molecule has 0 bridgehead atoms. The number of nitrogens with one attached hydrogen (secondary N) is 1. The van der Waals surface area contributed by atoms with Crippen LogP contribution in [0.25, 0.3) is 11.1 Å². The zero-order valence-corrected chi connectivity index (χ0v) is 11.6. The van der Waals surface area contributed by atoms with E-state index in [0.29, 0.717) is 12.3 Å². The quantitative estimate of drug-likeness (QED) is 0.837. The van der Waals surface area contributed by atoms with Crippen molar-refractivity contribution >= 4 is 17.0 Å². The first-order valence-electron chi connectivity index (χ1n) is 6.37. The number of rotatable bonds is 5. The van der Waals surface area contributed by atoms with Crippen LogP contribution in [0, 0.1) is 6.92 Å². The molecule has 1 amide bonds. The van der Waals surface area contributed by atoms with Crippen LogP contribution in [0.4, 0.5) is 0 Å². The number of hydrazine groups is 1. The standard InChI is InChI=1S/C14H19N3O2/c1-10-15-12-8-7-11(9-13(12)19-10)5-4-6-14(18)16-17(2)3/h7-9H,4-6H2,1-3H3,(H,16,18). The molecule has 0 unspecified atom stereocenters. The first-order chi connectivity index (χ1) is 9.04. The van der Waals surface area contributed by atoms with Crippen molar-refractivity contribution < 1.29 is 9.21 Å². The lowest BCUT2D eigenvalue weighted by Crippen LogP contribution is -2.35. The lowest BCUT2D eigenvalue weighted by atomic mass is 10.1. The summed E-state index contributed by atoms with van der Waals surface area (Å²) in [4.78, 5) is 15.7. The van der Waals surface area contributed by atoms with Gasteiger partial charge >= 0.3 is 0 Å². The number of carbonyl (C=O) groups is 1. The van der Waals surface area contributed by atoms with Crippen LogP contribution in [0.3, 0.4) is 0 Å². The third kappa shape index (κ3) is 3.79. The second-order valence-electron chi connectivity index (χ2n) is 4.82. The Morgan fingerprint density at radius 3 is 2.95 bits per heavy atom. The van der Waals surface area contributed by atoms with Crippen LogP contribution in [0.5, 0.6) is 0 Å². The van der Waals surface area contributed by atoms with Crippen LogP contribution < -0.4 is 5.43 Å². The van der Waals surface area contributed by atoms with Crippen LogP contribution >= 0.6 is 0 Å². The Kier molecular flexibility index (Phi) is 4.16. The van der Waals surface area contributed by atoms with E-state index in [0.717, 1.165) is 23.9 Å². The third-order valence-electron chi connectivity index (χ3n) is 2.78. The SMILES string of the molecule is Cc1nc2ccc(CCCC(=O)NN(C)C)cc2o1. The molecule has 102 valence electrons. The Morgan fingerprint density at radius 2 is 2.21 bits per heavy atom. The number of amides is 1. The molecule has 0 saturated carbocycles. The highest BCUT2D eigenvalue weighted by Gasteiger charge is 2.05. The van der Waals surface area contributed by atoms with Crippen LogP contribution in [0.15, 0.2) is 22.6 Å². The summed E-state index contributed by atoms with van der Waals surface area (Å²) in [6.45, 7) is 1.84. The second kappa shape index (κ2) is 5.84. The van der Waals surface area contributed by atoms with E-state index in [9.17, 15) is 4.79 Å². The highest BCUT2D eigenvalue weighted by Crippen LogP contribution is 2.18. The van der Waals surface area contributed by atoms with Gasteiger partial charge in [0.1, 0.15) is 5.52 Å². The van der Waals surface area contributed by atoms with Crippen molar-refractivity contribution in [3.8, 4) is 0 Å². The zero-order valence-electron chi connectivity index (χ0n) is 11.6. The van der Waals surface area contributed by atoms with E-state index < -0.39 is 0 Å². The molecule has 19 heavy (non-hydrogen) atoms. The number of nitrogens with zero attached hydrogens (tertiary/aromatic N) is 2. The molecule has 1 aromatic heterocycles. The number of fused-ring (bicyclic) bond motifs is 1. The van der Waals surface area contributed by atoms with Gasteiger partial charge in [0.05, 0.1) is 0 Å². The van der Waals surface area contributed by atoms with Crippen LogP contribution in [-0.2, 0) is 11.2 Å². The van der Waals surface area contributed by atoms with Gasteiger partial charge in [-0.25, -0.2) is 9.99 Å². The van der Waals surface area contributed by atoms with Gasteiger partial charge in [-0.3, -0.25) is 10.2 Å². The third-order valence-corrected chi connectivity index (χ3v) is 2.78. The molecule has 0 atom stereocenters. The van der Waals surface area contributed by atoms with Gasteiger partial charge in [-0.05, 0) is 30.5 Å². The van der Waals surface area contributed by atoms with Crippen molar-refractivity contribution in [2.75, 3.05) is 14.1 Å². The fourth-order valence-electron chi connectivity index (χ4n) is 2.00. The minimum Gasteiger partial charge on any atom is -0.441 e. The number of hydrogen-bond acceptors (Lipinski definition) is 4. The minimum absolute atomic E-state index is 0.0431. The summed E-state index contributed by atoms with van der Waals surface area (Å²) in [6, 6.07) is 5.99. The molecule has 0 saturated heterocycles. The number of carbonyl (C=O) groups excluding carboxylic acids is 1. The van der Waals surface area contributed by atoms with Crippen molar-refractivity contribution in [2.45, 2.75) is 26.2 Å². The van der Waals surface area contributed by atoms with Crippen LogP contribution in [-0.4, -0.2) is 30.0 Å². The molecule has 5 heteroatoms. The number of benzene rings is 1. The minimum atomic E-state index is 0.0431. The number of oxazole rings is 1. The molecule has 1 aromatic carbocycles. The fourth-order valence-corrected chi connectivity index (χ4v) is 2.00. The monoisotopic (exact) mass is 261 g/mol. The Labute approximate surface area is 112 Å². The first-order valence-corrected chi connectivity index (χ1v) is 6.37. The van der Waals surface area contributed by atoms with Crippen molar-refractivity contribution in [3.63, 3.8) is 0 Å². The normalized spacial score (nSPS) is 11.2. The molecule has 0 fully saturated rings. The molecule has 0 spiro atoms. The molecule has 0 aliphatic carbocycles. The molecular weight excluding hydrogens is 242 g/mol. The van der Waals surface area contributed by atoms with E-state index in [-0.39, 0.29) is 5.91 Å². The smallest absolute Gasteiger partial charge is 0.234 e. The van der Waals surface area contributed by atoms with E-state index >= 15 is 0 Å². The van der Waals surface area contributed by atoms with Crippen LogP contribution in [0.1, 0.15) is 24.3 Å². The van der Waals surface area contributed by atoms with Crippen molar-refractivity contribution in [2.24, 2.45) is 0 Å². The van der Waals surface area contributed by atoms with Gasteiger partial charge in [-0.1, -0.05) is 6.07 Å². The number of aryl methyl sites for hydroxylation is 2. The number of hydrogen-bond donors (Lipinski definition) is 1. The Morgan fingerprint density at radius 1 is 1.42 bits per heavy atom. The number of aromatic nitrogens is 1. The Bertz CT molecular complexity index is 575. The van der Waals surface area contributed by atoms with E-state index in [1.165, 1.54) is 5.56 Å². The summed E-state index contributed by atoms with van der Waals surface area (Å²) in [5.74, 6) is 0.721. The van der Waals surface area contributed by atoms with Gasteiger partial charge in [-0.2, -0.15) is 0 Å². The van der Waals surface area contributed by atoms with E-state index in [1.807, 2.05) is 25.1 Å². The molecule has 2 rings (SSSR count). The van der Waals surface area contributed by atoms with Gasteiger partial charge in [0.25, 0.3) is 0 Å². The molecule has 0 aliphatic rings. The predicted molar refractivity (Wildman–Crippen MR) is 73.5 cm³/mol. The topological polar surface area (TPSA) is 58.4 Å². The Balaban J connectivity index is 1.89. The maximum absolute atomic E-state index is 11.5. The summed E-state index contributed by atoms with van der Waals surface area (Å²) in [5.41, 5.74) is 5.59. The predicted octanol–water partition coefficient (Wildman–Crippen LogP) is 2.05. The van der Waals surface area contributed by atoms with Gasteiger partial charge in [0, 0.05) is 27.4 Å². The van der Waals surface area contributed by atoms with E-state index in [1.54, 1.807) is 19.1 Å². The first kappa shape index (κ1) is 13.5. The molecule has 1 heterocycles. The average molecular weight is 261 g/mol. The van der Waals surface area contributed by atoms with E-state index in [2.05, 4.69) is 10.4 Å². The summed E-state index contributed by atoms with van der Waals surface area (Å²) in [7, 11) is 3.61. The summed E-state index contributed by atoms with van der Waals surface area (Å²) in [5, 5.41) is 1.66. The molecule has 0 aliphatic heterocycles. The van der Waals surface area contributed by atoms with Crippen molar-refractivity contribution in [1.82, 2.24) is 15.4 Å². The summed E-state index contributed by atoms with van der Waals surface area (Å²) >= 11 is 0. The molecule has 1 N–H and O–H groups in total. The summed E-state index contributed by atoms with van der Waals surface area (Å²) < 4.78 is 5.49. The molecule has 2 aromatic rings. The summed E-state index contributed by atoms with van der Waals surface area (Å²) in [6.07, 6.45) is 2.19. The van der Waals surface area contributed by atoms with Gasteiger partial charge in [0.15, 0.2) is 11.5 Å². The maximum Gasteiger partial charge on any atom is 0.234 e. The largest absolute Gasteiger partial charge is 0.441 e. The highest BCUT2D eigenvalue weighted by atomic mass is 16.3. The fraction of sp³-hybridized carbons (Fsp3) is 0.429. The lowest BCUT2D eigenvalue weighted by molar-refractivity contribution is -0.124. The van der Waals surface area contributed by atoms with Crippen LogP contribution in [0.2, 0.25) is 0 Å². The van der Waals surface area contributed by atoms with Gasteiger partial charge in [-0.15, -0.1) is 0 Å². The average Bonchev–Trinajstić information content (AvgIpc) is 2.67. The molecular formula is C14H19N3O2. The van der Waals surface area contributed by atoms with Gasteiger partial charge < -0.3 is 4.42 Å². The Hall–Kier alpha value is -1.88. The van der Waals surface area contributed by atoms with Crippen molar-refractivity contribution in [3.05, 3.63) is 29.7 Å². The lowest BCUT2D eigenvalue weighted by Gasteiger charge is -2.11. The second-order valence-corrected chi connectivity index (χ2v) is 4.82. The van der Waals surface area contributed by atoms with E-state index in [4.69, 9.17) is 4.42 Å². The van der Waals surface area contributed by atoms with Gasteiger partial charge in [0.2, 0.25) is 5.91 Å².